The lowest BCUT2D eigenvalue weighted by Crippen LogP contribution is -2.12. The number of benzene rings is 2. The summed E-state index contributed by atoms with van der Waals surface area (Å²) in [7, 11) is -4.04. The normalized spacial score (nSPS) is 11.9. The number of nitro groups is 1. The zero-order valence-corrected chi connectivity index (χ0v) is 14.4. The summed E-state index contributed by atoms with van der Waals surface area (Å²) < 4.78 is 22.7. The van der Waals surface area contributed by atoms with Gasteiger partial charge in [0.25, 0.3) is 5.69 Å². The number of H-pyrrole nitrogens is 1. The van der Waals surface area contributed by atoms with Crippen molar-refractivity contribution >= 4 is 38.5 Å². The van der Waals surface area contributed by atoms with E-state index in [9.17, 15) is 18.5 Å². The van der Waals surface area contributed by atoms with Gasteiger partial charge in [-0.25, -0.2) is 13.6 Å². The number of primary sulfonamides is 1. The number of aromatic nitrogens is 1. The van der Waals surface area contributed by atoms with Crippen molar-refractivity contribution in [3.63, 3.8) is 0 Å². The molecule has 0 aliphatic rings. The fourth-order valence-electron chi connectivity index (χ4n) is 2.57. The first-order chi connectivity index (χ1) is 12.3. The molecule has 9 nitrogen and oxygen atoms in total. The first-order valence-electron chi connectivity index (χ1n) is 7.45. The Morgan fingerprint density at radius 1 is 1.27 bits per heavy atom. The molecule has 1 aromatic heterocycles. The molecule has 0 aliphatic carbocycles. The van der Waals surface area contributed by atoms with E-state index in [1.165, 1.54) is 12.1 Å². The van der Waals surface area contributed by atoms with Crippen LogP contribution in [0.15, 0.2) is 52.5 Å². The third-order valence-electron chi connectivity index (χ3n) is 3.82. The van der Waals surface area contributed by atoms with Crippen LogP contribution in [0.3, 0.4) is 0 Å². The molecule has 0 unspecified atom stereocenters. The van der Waals surface area contributed by atoms with Crippen LogP contribution in [-0.4, -0.2) is 24.5 Å². The van der Waals surface area contributed by atoms with Crippen molar-refractivity contribution in [2.75, 3.05) is 5.43 Å². The number of para-hydroxylation sites is 1. The molecule has 1 heterocycles. The number of fused-ring (bicyclic) bond motifs is 1. The summed E-state index contributed by atoms with van der Waals surface area (Å²) in [4.78, 5) is 13.4. The SMILES string of the molecule is Cc1[nH]c2ccccc2c1C=NNc1ccc(S(N)(=O)=O)cc1[N+](=O)[O-]. The van der Waals surface area contributed by atoms with Gasteiger partial charge >= 0.3 is 0 Å². The standard InChI is InChI=1S/C16H15N5O4S/c1-10-13(12-4-2-3-5-14(12)19-10)9-18-20-15-7-6-11(26(17,24)25)8-16(15)21(22)23/h2-9,19-20H,1H3,(H2,17,24,25). The van der Waals surface area contributed by atoms with E-state index in [1.54, 1.807) is 6.21 Å². The average Bonchev–Trinajstić information content (AvgIpc) is 2.89. The molecule has 0 saturated carbocycles. The Morgan fingerprint density at radius 2 is 2.00 bits per heavy atom. The van der Waals surface area contributed by atoms with E-state index in [0.717, 1.165) is 28.2 Å². The molecule has 0 bridgehead atoms. The zero-order chi connectivity index (χ0) is 18.9. The van der Waals surface area contributed by atoms with Gasteiger partial charge < -0.3 is 4.98 Å². The van der Waals surface area contributed by atoms with Gasteiger partial charge in [0.05, 0.1) is 16.0 Å². The van der Waals surface area contributed by atoms with Gasteiger partial charge in [0.2, 0.25) is 10.0 Å². The molecule has 10 heteroatoms. The molecule has 0 fully saturated rings. The van der Waals surface area contributed by atoms with Crippen LogP contribution >= 0.6 is 0 Å². The van der Waals surface area contributed by atoms with Crippen molar-refractivity contribution in [2.24, 2.45) is 10.2 Å². The van der Waals surface area contributed by atoms with E-state index in [1.807, 2.05) is 31.2 Å². The Balaban J connectivity index is 1.93. The van der Waals surface area contributed by atoms with Crippen molar-refractivity contribution in [3.8, 4) is 0 Å². The van der Waals surface area contributed by atoms with Gasteiger partial charge in [0.1, 0.15) is 5.69 Å². The number of sulfonamides is 1. The molecule has 0 radical (unpaired) electrons. The van der Waals surface area contributed by atoms with E-state index in [0.29, 0.717) is 0 Å². The molecule has 26 heavy (non-hydrogen) atoms. The lowest BCUT2D eigenvalue weighted by Gasteiger charge is -2.04. The number of nitrogens with zero attached hydrogens (tertiary/aromatic N) is 2. The summed E-state index contributed by atoms with van der Waals surface area (Å²) in [6.45, 7) is 1.89. The Labute approximate surface area is 148 Å². The van der Waals surface area contributed by atoms with Crippen LogP contribution in [0.5, 0.6) is 0 Å². The van der Waals surface area contributed by atoms with Gasteiger partial charge in [0, 0.05) is 28.2 Å². The summed E-state index contributed by atoms with van der Waals surface area (Å²) in [5.74, 6) is 0. The minimum atomic E-state index is -4.04. The van der Waals surface area contributed by atoms with Gasteiger partial charge in [-0.2, -0.15) is 5.10 Å². The van der Waals surface area contributed by atoms with E-state index < -0.39 is 20.6 Å². The van der Waals surface area contributed by atoms with Gasteiger partial charge in [0.15, 0.2) is 0 Å². The predicted octanol–water partition coefficient (Wildman–Crippen LogP) is 2.48. The number of rotatable bonds is 5. The molecule has 2 aromatic carbocycles. The zero-order valence-electron chi connectivity index (χ0n) is 13.6. The molecule has 4 N–H and O–H groups in total. The fourth-order valence-corrected chi connectivity index (χ4v) is 3.10. The summed E-state index contributed by atoms with van der Waals surface area (Å²) in [6.07, 6.45) is 1.55. The second-order valence-electron chi connectivity index (χ2n) is 5.56. The number of nitrogens with two attached hydrogens (primary N) is 1. The van der Waals surface area contributed by atoms with Crippen LogP contribution in [0.1, 0.15) is 11.3 Å². The maximum absolute atomic E-state index is 11.4. The van der Waals surface area contributed by atoms with E-state index >= 15 is 0 Å². The Bertz CT molecular complexity index is 1130. The number of aryl methyl sites for hydroxylation is 1. The van der Waals surface area contributed by atoms with Crippen LogP contribution < -0.4 is 10.6 Å². The number of hydrogen-bond donors (Lipinski definition) is 3. The number of anilines is 1. The molecule has 3 rings (SSSR count). The third kappa shape index (κ3) is 3.41. The number of nitrogens with one attached hydrogen (secondary N) is 2. The molecule has 0 spiro atoms. The predicted molar refractivity (Wildman–Crippen MR) is 98.7 cm³/mol. The van der Waals surface area contributed by atoms with Crippen molar-refractivity contribution in [3.05, 3.63) is 63.8 Å². The second-order valence-corrected chi connectivity index (χ2v) is 7.12. The van der Waals surface area contributed by atoms with Crippen molar-refractivity contribution in [2.45, 2.75) is 11.8 Å². The highest BCUT2D eigenvalue weighted by Crippen LogP contribution is 2.27. The molecule has 134 valence electrons. The maximum Gasteiger partial charge on any atom is 0.295 e. The van der Waals surface area contributed by atoms with Crippen molar-refractivity contribution in [1.82, 2.24) is 4.98 Å². The van der Waals surface area contributed by atoms with Crippen LogP contribution in [0.2, 0.25) is 0 Å². The quantitative estimate of drug-likeness (QED) is 0.357. The monoisotopic (exact) mass is 373 g/mol. The summed E-state index contributed by atoms with van der Waals surface area (Å²) >= 11 is 0. The minimum absolute atomic E-state index is 0.0520. The average molecular weight is 373 g/mol. The molecular weight excluding hydrogens is 358 g/mol. The van der Waals surface area contributed by atoms with Crippen LogP contribution in [0.25, 0.3) is 10.9 Å². The van der Waals surface area contributed by atoms with Crippen LogP contribution in [0, 0.1) is 17.0 Å². The Morgan fingerprint density at radius 3 is 2.69 bits per heavy atom. The molecule has 0 saturated heterocycles. The first kappa shape index (κ1) is 17.6. The number of hydrazone groups is 1. The second kappa shape index (κ2) is 6.58. The molecule has 0 amide bonds. The Hall–Kier alpha value is -3.24. The van der Waals surface area contributed by atoms with E-state index in [2.05, 4.69) is 15.5 Å². The highest BCUT2D eigenvalue weighted by molar-refractivity contribution is 7.89. The highest BCUT2D eigenvalue weighted by atomic mass is 32.2. The molecular formula is C16H15N5O4S. The number of hydrogen-bond acceptors (Lipinski definition) is 6. The highest BCUT2D eigenvalue weighted by Gasteiger charge is 2.18. The van der Waals surface area contributed by atoms with Gasteiger partial charge in [-0.1, -0.05) is 18.2 Å². The third-order valence-corrected chi connectivity index (χ3v) is 4.73. The maximum atomic E-state index is 11.4. The van der Waals surface area contributed by atoms with Gasteiger partial charge in [-0.3, -0.25) is 15.5 Å². The molecule has 3 aromatic rings. The number of nitro benzene ring substituents is 1. The van der Waals surface area contributed by atoms with Gasteiger partial charge in [-0.15, -0.1) is 0 Å². The summed E-state index contributed by atoms with van der Waals surface area (Å²) in [5, 5.41) is 21.2. The fraction of sp³-hybridized carbons (Fsp3) is 0.0625. The lowest BCUT2D eigenvalue weighted by atomic mass is 10.1. The van der Waals surface area contributed by atoms with Gasteiger partial charge in [-0.05, 0) is 25.1 Å². The van der Waals surface area contributed by atoms with Crippen molar-refractivity contribution < 1.29 is 13.3 Å². The van der Waals surface area contributed by atoms with E-state index in [-0.39, 0.29) is 10.6 Å². The lowest BCUT2D eigenvalue weighted by molar-refractivity contribution is -0.384. The summed E-state index contributed by atoms with van der Waals surface area (Å²) in [6, 6.07) is 11.0. The Kier molecular flexibility index (Phi) is 4.45. The largest absolute Gasteiger partial charge is 0.358 e. The number of aromatic amines is 1. The summed E-state index contributed by atoms with van der Waals surface area (Å²) in [5.41, 5.74) is 4.89. The van der Waals surface area contributed by atoms with E-state index in [4.69, 9.17) is 5.14 Å². The smallest absolute Gasteiger partial charge is 0.295 e. The van der Waals surface area contributed by atoms with Crippen LogP contribution in [-0.2, 0) is 10.0 Å². The minimum Gasteiger partial charge on any atom is -0.358 e. The first-order valence-corrected chi connectivity index (χ1v) is 8.99. The van der Waals surface area contributed by atoms with Crippen molar-refractivity contribution in [1.29, 1.82) is 0 Å². The topological polar surface area (TPSA) is 143 Å². The molecule has 0 aliphatic heterocycles. The molecule has 0 atom stereocenters. The van der Waals surface area contributed by atoms with Crippen LogP contribution in [0.4, 0.5) is 11.4 Å².